The van der Waals surface area contributed by atoms with Gasteiger partial charge in [0.1, 0.15) is 5.69 Å². The number of carboxylic acids is 1. The molecule has 0 aliphatic heterocycles. The second-order valence-corrected chi connectivity index (χ2v) is 5.95. The van der Waals surface area contributed by atoms with E-state index in [1.165, 1.54) is 0 Å². The van der Waals surface area contributed by atoms with E-state index in [-0.39, 0.29) is 18.0 Å². The molecule has 0 radical (unpaired) electrons. The van der Waals surface area contributed by atoms with Gasteiger partial charge in [-0.1, -0.05) is 29.8 Å². The lowest BCUT2D eigenvalue weighted by Gasteiger charge is -2.08. The molecule has 3 rings (SSSR count). The van der Waals surface area contributed by atoms with Crippen LogP contribution in [0.3, 0.4) is 0 Å². The lowest BCUT2D eigenvalue weighted by Crippen LogP contribution is -2.16. The standard InChI is InChI=1S/C18H15ClN2O3/c1-10-4-2-3-5-14(10)20-16(22)9-13-12-8-11(19)6-7-15(12)21-17(13)18(23)24/h2-8,21H,9H2,1H3,(H,20,22)(H,23,24). The van der Waals surface area contributed by atoms with Gasteiger partial charge in [0.25, 0.3) is 0 Å². The van der Waals surface area contributed by atoms with Crippen molar-refractivity contribution in [3.05, 3.63) is 64.3 Å². The van der Waals surface area contributed by atoms with E-state index < -0.39 is 5.97 Å². The molecule has 1 aromatic heterocycles. The summed E-state index contributed by atoms with van der Waals surface area (Å²) in [4.78, 5) is 26.7. The number of amides is 1. The molecule has 5 nitrogen and oxygen atoms in total. The second-order valence-electron chi connectivity index (χ2n) is 5.51. The highest BCUT2D eigenvalue weighted by Gasteiger charge is 2.20. The van der Waals surface area contributed by atoms with Gasteiger partial charge in [0, 0.05) is 27.2 Å². The number of aromatic carboxylic acids is 1. The molecule has 0 spiro atoms. The number of aryl methyl sites for hydroxylation is 1. The minimum atomic E-state index is -1.11. The number of aromatic nitrogens is 1. The molecule has 1 heterocycles. The molecule has 0 aliphatic rings. The van der Waals surface area contributed by atoms with Crippen LogP contribution in [-0.4, -0.2) is 22.0 Å². The summed E-state index contributed by atoms with van der Waals surface area (Å²) < 4.78 is 0. The maximum absolute atomic E-state index is 12.4. The number of para-hydroxylation sites is 1. The SMILES string of the molecule is Cc1ccccc1NC(=O)Cc1c(C(=O)O)[nH]c2ccc(Cl)cc12. The van der Waals surface area contributed by atoms with Crippen LogP contribution in [0.2, 0.25) is 5.02 Å². The van der Waals surface area contributed by atoms with Gasteiger partial charge >= 0.3 is 5.97 Å². The van der Waals surface area contributed by atoms with Crippen LogP contribution in [-0.2, 0) is 11.2 Å². The first-order chi connectivity index (χ1) is 11.5. The molecule has 0 unspecified atom stereocenters. The number of hydrogen-bond acceptors (Lipinski definition) is 2. The van der Waals surface area contributed by atoms with Crippen LogP contribution in [0, 0.1) is 6.92 Å². The van der Waals surface area contributed by atoms with E-state index in [0.29, 0.717) is 27.2 Å². The van der Waals surface area contributed by atoms with Crippen molar-refractivity contribution in [2.45, 2.75) is 13.3 Å². The van der Waals surface area contributed by atoms with Crippen LogP contribution in [0.1, 0.15) is 21.6 Å². The predicted octanol–water partition coefficient (Wildman–Crippen LogP) is 4.01. The number of anilines is 1. The Labute approximate surface area is 143 Å². The number of benzene rings is 2. The quantitative estimate of drug-likeness (QED) is 0.670. The number of H-pyrrole nitrogens is 1. The molecule has 2 aromatic carbocycles. The summed E-state index contributed by atoms with van der Waals surface area (Å²) in [6.07, 6.45) is -0.0592. The molecule has 0 bridgehead atoms. The van der Waals surface area contributed by atoms with Gasteiger partial charge in [0.15, 0.2) is 0 Å². The van der Waals surface area contributed by atoms with E-state index >= 15 is 0 Å². The lowest BCUT2D eigenvalue weighted by atomic mass is 10.1. The van der Waals surface area contributed by atoms with Crippen molar-refractivity contribution in [3.63, 3.8) is 0 Å². The van der Waals surface area contributed by atoms with Crippen molar-refractivity contribution in [1.29, 1.82) is 0 Å². The van der Waals surface area contributed by atoms with Gasteiger partial charge in [0.05, 0.1) is 6.42 Å². The van der Waals surface area contributed by atoms with Crippen molar-refractivity contribution in [1.82, 2.24) is 4.98 Å². The third-order valence-corrected chi connectivity index (χ3v) is 4.07. The molecule has 3 N–H and O–H groups in total. The van der Waals surface area contributed by atoms with Crippen molar-refractivity contribution in [3.8, 4) is 0 Å². The summed E-state index contributed by atoms with van der Waals surface area (Å²) in [5.74, 6) is -1.39. The number of fused-ring (bicyclic) bond motifs is 1. The fourth-order valence-corrected chi connectivity index (χ4v) is 2.83. The van der Waals surface area contributed by atoms with Crippen molar-refractivity contribution in [2.75, 3.05) is 5.32 Å². The Hall–Kier alpha value is -2.79. The normalized spacial score (nSPS) is 10.8. The third kappa shape index (κ3) is 3.12. The molecular formula is C18H15ClN2O3. The zero-order valence-corrected chi connectivity index (χ0v) is 13.6. The summed E-state index contributed by atoms with van der Waals surface area (Å²) in [7, 11) is 0. The molecule has 24 heavy (non-hydrogen) atoms. The topological polar surface area (TPSA) is 82.2 Å². The van der Waals surface area contributed by atoms with E-state index in [1.54, 1.807) is 24.3 Å². The number of carboxylic acid groups (broad SMARTS) is 1. The van der Waals surface area contributed by atoms with Crippen molar-refractivity contribution < 1.29 is 14.7 Å². The maximum atomic E-state index is 12.4. The van der Waals surface area contributed by atoms with Crippen LogP contribution < -0.4 is 5.32 Å². The number of carbonyl (C=O) groups is 2. The number of carbonyl (C=O) groups excluding carboxylic acids is 1. The Morgan fingerprint density at radius 2 is 1.96 bits per heavy atom. The Kier molecular flexibility index (Phi) is 4.27. The average molecular weight is 343 g/mol. The van der Waals surface area contributed by atoms with Gasteiger partial charge in [-0.3, -0.25) is 4.79 Å². The lowest BCUT2D eigenvalue weighted by molar-refractivity contribution is -0.115. The summed E-state index contributed by atoms with van der Waals surface area (Å²) in [6.45, 7) is 1.89. The Balaban J connectivity index is 1.95. The Morgan fingerprint density at radius 1 is 1.21 bits per heavy atom. The number of aromatic amines is 1. The van der Waals surface area contributed by atoms with Crippen LogP contribution in [0.25, 0.3) is 10.9 Å². The van der Waals surface area contributed by atoms with Crippen LogP contribution >= 0.6 is 11.6 Å². The highest BCUT2D eigenvalue weighted by atomic mass is 35.5. The molecule has 6 heteroatoms. The van der Waals surface area contributed by atoms with Gasteiger partial charge < -0.3 is 15.4 Å². The van der Waals surface area contributed by atoms with Crippen LogP contribution in [0.4, 0.5) is 5.69 Å². The van der Waals surface area contributed by atoms with E-state index in [1.807, 2.05) is 25.1 Å². The van der Waals surface area contributed by atoms with E-state index in [0.717, 1.165) is 5.56 Å². The first kappa shape index (κ1) is 16.1. The van der Waals surface area contributed by atoms with Crippen molar-refractivity contribution >= 4 is 40.1 Å². The van der Waals surface area contributed by atoms with E-state index in [9.17, 15) is 14.7 Å². The molecule has 1 amide bonds. The predicted molar refractivity (Wildman–Crippen MR) is 93.8 cm³/mol. The Bertz CT molecular complexity index is 947. The third-order valence-electron chi connectivity index (χ3n) is 3.84. The number of nitrogens with one attached hydrogen (secondary N) is 2. The van der Waals surface area contributed by atoms with Gasteiger partial charge in [-0.15, -0.1) is 0 Å². The number of rotatable bonds is 4. The summed E-state index contributed by atoms with van der Waals surface area (Å²) in [5, 5.41) is 13.3. The van der Waals surface area contributed by atoms with Gasteiger partial charge in [-0.25, -0.2) is 4.79 Å². The minimum Gasteiger partial charge on any atom is -0.477 e. The maximum Gasteiger partial charge on any atom is 0.352 e. The van der Waals surface area contributed by atoms with Gasteiger partial charge in [-0.2, -0.15) is 0 Å². The molecule has 122 valence electrons. The highest BCUT2D eigenvalue weighted by molar-refractivity contribution is 6.31. The summed E-state index contributed by atoms with van der Waals surface area (Å²) in [6, 6.07) is 12.4. The zero-order valence-electron chi connectivity index (χ0n) is 12.9. The molecule has 0 fully saturated rings. The molecule has 0 saturated carbocycles. The van der Waals surface area contributed by atoms with Crippen LogP contribution in [0.15, 0.2) is 42.5 Å². The van der Waals surface area contributed by atoms with Crippen LogP contribution in [0.5, 0.6) is 0 Å². The molecule has 3 aromatic rings. The average Bonchev–Trinajstić information content (AvgIpc) is 2.88. The fraction of sp³-hybridized carbons (Fsp3) is 0.111. The first-order valence-electron chi connectivity index (χ1n) is 7.34. The fourth-order valence-electron chi connectivity index (χ4n) is 2.65. The zero-order chi connectivity index (χ0) is 17.3. The monoisotopic (exact) mass is 342 g/mol. The van der Waals surface area contributed by atoms with Gasteiger partial charge in [0.2, 0.25) is 5.91 Å². The largest absolute Gasteiger partial charge is 0.477 e. The van der Waals surface area contributed by atoms with Gasteiger partial charge in [-0.05, 0) is 36.8 Å². The second kappa shape index (κ2) is 6.37. The minimum absolute atomic E-state index is 0.00667. The highest BCUT2D eigenvalue weighted by Crippen LogP contribution is 2.26. The first-order valence-corrected chi connectivity index (χ1v) is 7.72. The molecule has 0 aliphatic carbocycles. The van der Waals surface area contributed by atoms with E-state index in [4.69, 9.17) is 11.6 Å². The number of hydrogen-bond donors (Lipinski definition) is 3. The molecule has 0 saturated heterocycles. The molecule has 0 atom stereocenters. The Morgan fingerprint density at radius 3 is 2.67 bits per heavy atom. The smallest absolute Gasteiger partial charge is 0.352 e. The summed E-state index contributed by atoms with van der Waals surface area (Å²) >= 11 is 6.00. The number of halogens is 1. The van der Waals surface area contributed by atoms with Crippen molar-refractivity contribution in [2.24, 2.45) is 0 Å². The summed E-state index contributed by atoms with van der Waals surface area (Å²) in [5.41, 5.74) is 2.71. The van der Waals surface area contributed by atoms with E-state index in [2.05, 4.69) is 10.3 Å². The molecular weight excluding hydrogens is 328 g/mol.